The molecule has 0 spiro atoms. The second-order valence-electron chi connectivity index (χ2n) is 3.56. The second kappa shape index (κ2) is 3.15. The van der Waals surface area contributed by atoms with Gasteiger partial charge in [-0.25, -0.2) is 0 Å². The summed E-state index contributed by atoms with van der Waals surface area (Å²) in [4.78, 5) is 0. The summed E-state index contributed by atoms with van der Waals surface area (Å²) < 4.78 is 1.79. The average Bonchev–Trinajstić information content (AvgIpc) is 2.43. The minimum absolute atomic E-state index is 0.519. The summed E-state index contributed by atoms with van der Waals surface area (Å²) >= 11 is 0. The Morgan fingerprint density at radius 1 is 1.21 bits per heavy atom. The molecule has 0 fully saturated rings. The fraction of sp³-hybridized carbons (Fsp3) is 0.200. The van der Waals surface area contributed by atoms with Crippen LogP contribution in [-0.2, 0) is 7.05 Å². The molecule has 0 aliphatic rings. The monoisotopic (exact) mass is 189 g/mol. The first-order valence-corrected chi connectivity index (χ1v) is 4.51. The fourth-order valence-corrected chi connectivity index (χ4v) is 1.74. The Hall–Kier alpha value is -1.26. The van der Waals surface area contributed by atoms with Crippen molar-refractivity contribution >= 4 is 23.6 Å². The van der Waals surface area contributed by atoms with Crippen LogP contribution in [0.3, 0.4) is 0 Å². The van der Waals surface area contributed by atoms with Gasteiger partial charge in [-0.15, -0.1) is 0 Å². The van der Waals surface area contributed by atoms with Gasteiger partial charge in [-0.05, 0) is 30.5 Å². The molecule has 1 aromatic carbocycles. The van der Waals surface area contributed by atoms with Crippen molar-refractivity contribution in [2.24, 2.45) is 7.05 Å². The van der Waals surface area contributed by atoms with Crippen LogP contribution >= 0.6 is 0 Å². The third-order valence-corrected chi connectivity index (χ3v) is 2.50. The summed E-state index contributed by atoms with van der Waals surface area (Å²) in [5, 5.41) is 19.3. The summed E-state index contributed by atoms with van der Waals surface area (Å²) in [7, 11) is 0.416. The topological polar surface area (TPSA) is 45.4 Å². The number of hydrogen-bond acceptors (Lipinski definition) is 2. The number of fused-ring (bicyclic) bond motifs is 1. The first-order valence-electron chi connectivity index (χ1n) is 4.51. The number of benzene rings is 1. The molecule has 0 bridgehead atoms. The van der Waals surface area contributed by atoms with Crippen LogP contribution < -0.4 is 5.59 Å². The molecule has 72 valence electrons. The van der Waals surface area contributed by atoms with Gasteiger partial charge in [-0.1, -0.05) is 11.6 Å². The van der Waals surface area contributed by atoms with E-state index >= 15 is 0 Å². The van der Waals surface area contributed by atoms with E-state index in [0.717, 1.165) is 10.9 Å². The molecule has 1 aromatic heterocycles. The highest BCUT2D eigenvalue weighted by molar-refractivity contribution is 6.58. The summed E-state index contributed by atoms with van der Waals surface area (Å²) in [6.07, 6.45) is 0. The Morgan fingerprint density at radius 3 is 2.57 bits per heavy atom. The molecule has 2 aromatic rings. The smallest absolute Gasteiger partial charge is 0.422 e. The molecule has 0 radical (unpaired) electrons. The van der Waals surface area contributed by atoms with Crippen molar-refractivity contribution in [1.82, 2.24) is 4.57 Å². The van der Waals surface area contributed by atoms with Gasteiger partial charge >= 0.3 is 7.12 Å². The number of aryl methyl sites for hydroxylation is 2. The van der Waals surface area contributed by atoms with Crippen LogP contribution in [0.15, 0.2) is 24.3 Å². The summed E-state index contributed by atoms with van der Waals surface area (Å²) in [5.41, 5.74) is 2.70. The molecule has 3 nitrogen and oxygen atoms in total. The number of aromatic nitrogens is 1. The third-order valence-electron chi connectivity index (χ3n) is 2.50. The van der Waals surface area contributed by atoms with Crippen LogP contribution in [0.4, 0.5) is 0 Å². The van der Waals surface area contributed by atoms with Crippen LogP contribution in [0.1, 0.15) is 5.56 Å². The Kier molecular flexibility index (Phi) is 2.09. The zero-order chi connectivity index (χ0) is 10.3. The largest absolute Gasteiger partial charge is 0.505 e. The molecular weight excluding hydrogens is 177 g/mol. The lowest BCUT2D eigenvalue weighted by atomic mass is 9.86. The van der Waals surface area contributed by atoms with Gasteiger partial charge < -0.3 is 14.6 Å². The molecule has 0 unspecified atom stereocenters. The molecule has 0 aliphatic carbocycles. The van der Waals surface area contributed by atoms with E-state index in [-0.39, 0.29) is 0 Å². The maximum atomic E-state index is 9.11. The lowest BCUT2D eigenvalue weighted by Crippen LogP contribution is -2.34. The molecule has 0 saturated carbocycles. The molecular formula is C10H12BNO2. The maximum absolute atomic E-state index is 9.11. The van der Waals surface area contributed by atoms with Crippen molar-refractivity contribution in [2.75, 3.05) is 0 Å². The van der Waals surface area contributed by atoms with Crippen LogP contribution in [0, 0.1) is 6.92 Å². The Balaban J connectivity index is 2.73. The van der Waals surface area contributed by atoms with Gasteiger partial charge in [-0.3, -0.25) is 0 Å². The molecule has 2 N–H and O–H groups in total. The highest BCUT2D eigenvalue weighted by Gasteiger charge is 2.16. The first kappa shape index (κ1) is 9.31. The summed E-state index contributed by atoms with van der Waals surface area (Å²) in [6.45, 7) is 2.02. The third kappa shape index (κ3) is 1.33. The van der Waals surface area contributed by atoms with E-state index in [1.54, 1.807) is 10.6 Å². The van der Waals surface area contributed by atoms with Crippen molar-refractivity contribution in [1.29, 1.82) is 0 Å². The van der Waals surface area contributed by atoms with Crippen molar-refractivity contribution in [2.45, 2.75) is 6.92 Å². The van der Waals surface area contributed by atoms with Crippen molar-refractivity contribution in [3.63, 3.8) is 0 Å². The standard InChI is InChI=1S/C10H12BNO2/c1-7-3-4-9-8(5-7)6-10(11(13)14)12(9)2/h3-6,13-14H,1-2H3. The van der Waals surface area contributed by atoms with Gasteiger partial charge in [0, 0.05) is 18.2 Å². The predicted octanol–water partition coefficient (Wildman–Crippen LogP) is 0.167. The molecule has 1 heterocycles. The zero-order valence-corrected chi connectivity index (χ0v) is 8.23. The average molecular weight is 189 g/mol. The molecule has 2 rings (SSSR count). The molecule has 0 saturated heterocycles. The van der Waals surface area contributed by atoms with Gasteiger partial charge in [0.2, 0.25) is 0 Å². The quantitative estimate of drug-likeness (QED) is 0.628. The normalized spacial score (nSPS) is 10.9. The van der Waals surface area contributed by atoms with Gasteiger partial charge in [0.05, 0.1) is 0 Å². The Morgan fingerprint density at radius 2 is 1.93 bits per heavy atom. The van der Waals surface area contributed by atoms with E-state index in [4.69, 9.17) is 10.0 Å². The van der Waals surface area contributed by atoms with Gasteiger partial charge in [0.15, 0.2) is 0 Å². The number of nitrogens with zero attached hydrogens (tertiary/aromatic N) is 1. The minimum Gasteiger partial charge on any atom is -0.422 e. The maximum Gasteiger partial charge on any atom is 0.505 e. The van der Waals surface area contributed by atoms with E-state index in [2.05, 4.69) is 0 Å². The molecule has 14 heavy (non-hydrogen) atoms. The molecule has 0 atom stereocenters. The summed E-state index contributed by atoms with van der Waals surface area (Å²) in [6, 6.07) is 7.82. The van der Waals surface area contributed by atoms with Crippen LogP contribution in [-0.4, -0.2) is 21.7 Å². The van der Waals surface area contributed by atoms with Gasteiger partial charge in [0.25, 0.3) is 0 Å². The van der Waals surface area contributed by atoms with Gasteiger partial charge in [0.1, 0.15) is 0 Å². The van der Waals surface area contributed by atoms with E-state index in [1.807, 2.05) is 32.2 Å². The lowest BCUT2D eigenvalue weighted by molar-refractivity contribution is 0.423. The van der Waals surface area contributed by atoms with Crippen molar-refractivity contribution in [3.05, 3.63) is 29.8 Å². The minimum atomic E-state index is -1.41. The van der Waals surface area contributed by atoms with Crippen LogP contribution in [0.5, 0.6) is 0 Å². The van der Waals surface area contributed by atoms with Crippen molar-refractivity contribution < 1.29 is 10.0 Å². The fourth-order valence-electron chi connectivity index (χ4n) is 1.74. The van der Waals surface area contributed by atoms with E-state index in [9.17, 15) is 0 Å². The van der Waals surface area contributed by atoms with Gasteiger partial charge in [-0.2, -0.15) is 0 Å². The highest BCUT2D eigenvalue weighted by Crippen LogP contribution is 2.15. The van der Waals surface area contributed by atoms with E-state index in [1.165, 1.54) is 5.56 Å². The Bertz CT molecular complexity index is 476. The number of hydrogen-bond donors (Lipinski definition) is 2. The van der Waals surface area contributed by atoms with E-state index < -0.39 is 7.12 Å². The number of rotatable bonds is 1. The molecule has 4 heteroatoms. The summed E-state index contributed by atoms with van der Waals surface area (Å²) in [5.74, 6) is 0. The zero-order valence-electron chi connectivity index (χ0n) is 8.23. The lowest BCUT2D eigenvalue weighted by Gasteiger charge is -2.01. The second-order valence-corrected chi connectivity index (χ2v) is 3.56. The predicted molar refractivity (Wildman–Crippen MR) is 57.5 cm³/mol. The SMILES string of the molecule is Cc1ccc2c(c1)cc(B(O)O)n2C. The molecule has 0 aliphatic heterocycles. The van der Waals surface area contributed by atoms with Crippen LogP contribution in [0.25, 0.3) is 10.9 Å². The highest BCUT2D eigenvalue weighted by atomic mass is 16.4. The Labute approximate surface area is 82.7 Å². The van der Waals surface area contributed by atoms with Crippen LogP contribution in [0.2, 0.25) is 0 Å². The van der Waals surface area contributed by atoms with Crippen molar-refractivity contribution in [3.8, 4) is 0 Å². The first-order chi connectivity index (χ1) is 6.59. The molecule has 0 amide bonds. The van der Waals surface area contributed by atoms with E-state index in [0.29, 0.717) is 5.59 Å².